The van der Waals surface area contributed by atoms with Crippen molar-refractivity contribution < 1.29 is 5.11 Å². The summed E-state index contributed by atoms with van der Waals surface area (Å²) >= 11 is 0. The fraction of sp³-hybridized carbons (Fsp3) is 1.00. The summed E-state index contributed by atoms with van der Waals surface area (Å²) in [5, 5.41) is 9.91. The molecule has 2 rings (SSSR count). The highest BCUT2D eigenvalue weighted by Gasteiger charge is 2.34. The molecule has 0 amide bonds. The summed E-state index contributed by atoms with van der Waals surface area (Å²) in [5.74, 6) is 0. The molecule has 0 aromatic rings. The highest BCUT2D eigenvalue weighted by molar-refractivity contribution is 4.90. The normalized spacial score (nSPS) is 39.8. The Bertz CT molecular complexity index is 210. The van der Waals surface area contributed by atoms with Gasteiger partial charge in [-0.25, -0.2) is 0 Å². The van der Waals surface area contributed by atoms with Crippen molar-refractivity contribution in [3.05, 3.63) is 0 Å². The third-order valence-corrected chi connectivity index (χ3v) is 4.19. The van der Waals surface area contributed by atoms with E-state index in [2.05, 4.69) is 23.8 Å². The summed E-state index contributed by atoms with van der Waals surface area (Å²) in [6.07, 6.45) is 4.56. The van der Waals surface area contributed by atoms with Crippen LogP contribution in [0.3, 0.4) is 0 Å². The number of hydrogen-bond acceptors (Lipinski definition) is 3. The van der Waals surface area contributed by atoms with Gasteiger partial charge in [-0.1, -0.05) is 6.92 Å². The van der Waals surface area contributed by atoms with Gasteiger partial charge in [-0.3, -0.25) is 4.90 Å². The minimum atomic E-state index is -0.0640. The standard InChI is InChI=1S/C12H24N2O/c1-3-10-9-14(8-7-13(10)2)11-5-4-6-12(11)15/h10-12,15H,3-9H2,1-2H3/t10?,11-,12-/m0/s1. The van der Waals surface area contributed by atoms with Crippen LogP contribution in [0.2, 0.25) is 0 Å². The lowest BCUT2D eigenvalue weighted by molar-refractivity contribution is 0.0166. The van der Waals surface area contributed by atoms with Crippen LogP contribution in [0.5, 0.6) is 0 Å². The SMILES string of the molecule is CCC1CN([C@H]2CCC[C@@H]2O)CCN1C. The number of hydrogen-bond donors (Lipinski definition) is 1. The van der Waals surface area contributed by atoms with Gasteiger partial charge in [0.1, 0.15) is 0 Å². The maximum Gasteiger partial charge on any atom is 0.0695 e. The van der Waals surface area contributed by atoms with Crippen molar-refractivity contribution in [2.45, 2.75) is 50.8 Å². The van der Waals surface area contributed by atoms with Crippen molar-refractivity contribution in [3.8, 4) is 0 Å². The Balaban J connectivity index is 1.93. The van der Waals surface area contributed by atoms with Crippen LogP contribution >= 0.6 is 0 Å². The number of nitrogens with zero attached hydrogens (tertiary/aromatic N) is 2. The van der Waals surface area contributed by atoms with Crippen LogP contribution in [0.25, 0.3) is 0 Å². The van der Waals surface area contributed by atoms with E-state index >= 15 is 0 Å². The molecular formula is C12H24N2O. The smallest absolute Gasteiger partial charge is 0.0695 e. The predicted octanol–water partition coefficient (Wildman–Crippen LogP) is 0.926. The van der Waals surface area contributed by atoms with Gasteiger partial charge in [0, 0.05) is 31.7 Å². The Morgan fingerprint density at radius 1 is 1.27 bits per heavy atom. The summed E-state index contributed by atoms with van der Waals surface area (Å²) in [6.45, 7) is 5.70. The first-order valence-electron chi connectivity index (χ1n) is 6.34. The molecule has 88 valence electrons. The maximum absolute atomic E-state index is 9.91. The van der Waals surface area contributed by atoms with E-state index in [0.29, 0.717) is 12.1 Å². The molecule has 1 unspecified atom stereocenters. The minimum Gasteiger partial charge on any atom is -0.391 e. The Kier molecular flexibility index (Phi) is 3.65. The second-order valence-electron chi connectivity index (χ2n) is 5.10. The van der Waals surface area contributed by atoms with Crippen LogP contribution in [-0.2, 0) is 0 Å². The molecule has 3 atom stereocenters. The molecule has 2 aliphatic rings. The van der Waals surface area contributed by atoms with Gasteiger partial charge < -0.3 is 10.0 Å². The Morgan fingerprint density at radius 2 is 2.07 bits per heavy atom. The van der Waals surface area contributed by atoms with E-state index in [-0.39, 0.29) is 6.10 Å². The van der Waals surface area contributed by atoms with Crippen LogP contribution < -0.4 is 0 Å². The van der Waals surface area contributed by atoms with Gasteiger partial charge in [0.05, 0.1) is 6.10 Å². The second kappa shape index (κ2) is 4.81. The predicted molar refractivity (Wildman–Crippen MR) is 61.9 cm³/mol. The monoisotopic (exact) mass is 212 g/mol. The van der Waals surface area contributed by atoms with Crippen molar-refractivity contribution in [3.63, 3.8) is 0 Å². The molecule has 0 bridgehead atoms. The zero-order valence-electron chi connectivity index (χ0n) is 10.0. The number of likely N-dealkylation sites (N-methyl/N-ethyl adjacent to an activating group) is 1. The summed E-state index contributed by atoms with van der Waals surface area (Å²) < 4.78 is 0. The average Bonchev–Trinajstić information content (AvgIpc) is 2.65. The number of aliphatic hydroxyl groups excluding tert-OH is 1. The van der Waals surface area contributed by atoms with Crippen LogP contribution in [-0.4, -0.2) is 59.8 Å². The van der Waals surface area contributed by atoms with E-state index in [9.17, 15) is 5.11 Å². The molecule has 3 nitrogen and oxygen atoms in total. The Labute approximate surface area is 93.1 Å². The molecule has 0 aromatic heterocycles. The first-order chi connectivity index (χ1) is 7.22. The van der Waals surface area contributed by atoms with Crippen LogP contribution in [0.15, 0.2) is 0 Å². The quantitative estimate of drug-likeness (QED) is 0.737. The molecule has 1 saturated heterocycles. The van der Waals surface area contributed by atoms with Gasteiger partial charge in [-0.2, -0.15) is 0 Å². The summed E-state index contributed by atoms with van der Waals surface area (Å²) in [4.78, 5) is 4.98. The number of piperazine rings is 1. The minimum absolute atomic E-state index is 0.0640. The van der Waals surface area contributed by atoms with E-state index in [1.165, 1.54) is 19.3 Å². The average molecular weight is 212 g/mol. The largest absolute Gasteiger partial charge is 0.391 e. The van der Waals surface area contributed by atoms with Gasteiger partial charge in [0.25, 0.3) is 0 Å². The maximum atomic E-state index is 9.91. The van der Waals surface area contributed by atoms with Gasteiger partial charge >= 0.3 is 0 Å². The van der Waals surface area contributed by atoms with Crippen molar-refractivity contribution in [2.75, 3.05) is 26.7 Å². The Hall–Kier alpha value is -0.120. The molecule has 1 heterocycles. The fourth-order valence-electron chi connectivity index (χ4n) is 3.06. The number of rotatable bonds is 2. The zero-order chi connectivity index (χ0) is 10.8. The van der Waals surface area contributed by atoms with E-state index in [4.69, 9.17) is 0 Å². The van der Waals surface area contributed by atoms with Gasteiger partial charge in [-0.05, 0) is 32.7 Å². The molecule has 1 aliphatic carbocycles. The topological polar surface area (TPSA) is 26.7 Å². The van der Waals surface area contributed by atoms with Crippen molar-refractivity contribution in [1.82, 2.24) is 9.80 Å². The molecule has 2 fully saturated rings. The van der Waals surface area contributed by atoms with Crippen LogP contribution in [0.1, 0.15) is 32.6 Å². The molecule has 1 saturated carbocycles. The first kappa shape index (κ1) is 11.4. The van der Waals surface area contributed by atoms with Gasteiger partial charge in [0.2, 0.25) is 0 Å². The molecular weight excluding hydrogens is 188 g/mol. The molecule has 0 spiro atoms. The zero-order valence-corrected chi connectivity index (χ0v) is 10.0. The molecule has 3 heteroatoms. The Morgan fingerprint density at radius 3 is 2.67 bits per heavy atom. The molecule has 0 aromatic carbocycles. The van der Waals surface area contributed by atoms with Crippen molar-refractivity contribution in [1.29, 1.82) is 0 Å². The highest BCUT2D eigenvalue weighted by Crippen LogP contribution is 2.26. The third-order valence-electron chi connectivity index (χ3n) is 4.19. The van der Waals surface area contributed by atoms with E-state index in [0.717, 1.165) is 26.1 Å². The molecule has 15 heavy (non-hydrogen) atoms. The lowest BCUT2D eigenvalue weighted by Gasteiger charge is -2.42. The van der Waals surface area contributed by atoms with Crippen LogP contribution in [0.4, 0.5) is 0 Å². The van der Waals surface area contributed by atoms with E-state index < -0.39 is 0 Å². The van der Waals surface area contributed by atoms with Gasteiger partial charge in [-0.15, -0.1) is 0 Å². The lowest BCUT2D eigenvalue weighted by atomic mass is 10.1. The van der Waals surface area contributed by atoms with Gasteiger partial charge in [0.15, 0.2) is 0 Å². The molecule has 0 radical (unpaired) electrons. The number of aliphatic hydroxyl groups is 1. The molecule has 1 N–H and O–H groups in total. The first-order valence-corrected chi connectivity index (χ1v) is 6.34. The third kappa shape index (κ3) is 2.35. The van der Waals surface area contributed by atoms with Crippen molar-refractivity contribution >= 4 is 0 Å². The summed E-state index contributed by atoms with van der Waals surface area (Å²) in [6, 6.07) is 1.14. The summed E-state index contributed by atoms with van der Waals surface area (Å²) in [5.41, 5.74) is 0. The van der Waals surface area contributed by atoms with Crippen LogP contribution in [0, 0.1) is 0 Å². The summed E-state index contributed by atoms with van der Waals surface area (Å²) in [7, 11) is 2.22. The molecule has 1 aliphatic heterocycles. The highest BCUT2D eigenvalue weighted by atomic mass is 16.3. The fourth-order valence-corrected chi connectivity index (χ4v) is 3.06. The van der Waals surface area contributed by atoms with E-state index in [1.54, 1.807) is 0 Å². The van der Waals surface area contributed by atoms with Crippen molar-refractivity contribution in [2.24, 2.45) is 0 Å². The lowest BCUT2D eigenvalue weighted by Crippen LogP contribution is -2.55. The van der Waals surface area contributed by atoms with E-state index in [1.807, 2.05) is 0 Å². The second-order valence-corrected chi connectivity index (χ2v) is 5.10.